The van der Waals surface area contributed by atoms with Gasteiger partial charge in [0.05, 0.1) is 10.2 Å². The Morgan fingerprint density at radius 2 is 1.85 bits per heavy atom. The summed E-state index contributed by atoms with van der Waals surface area (Å²) in [6, 6.07) is 0. The maximum atomic E-state index is 5.12. The van der Waals surface area contributed by atoms with Gasteiger partial charge >= 0.3 is 0 Å². The molecule has 3 aromatic heterocycles. The maximum Gasteiger partial charge on any atom is 0.126 e. The maximum absolute atomic E-state index is 5.12. The third kappa shape index (κ3) is 3.24. The SMILES string of the molecule is CC(C)CCSc1ncnc2c1sc1nc(C(C)C)c3c(c12)CCCC3. The Bertz CT molecular complexity index is 943. The molecule has 138 valence electrons. The Morgan fingerprint density at radius 1 is 1.08 bits per heavy atom. The molecule has 0 saturated carbocycles. The molecule has 0 spiro atoms. The monoisotopic (exact) mass is 385 g/mol. The largest absolute Gasteiger partial charge is 0.241 e. The lowest BCUT2D eigenvalue weighted by Gasteiger charge is -2.21. The summed E-state index contributed by atoms with van der Waals surface area (Å²) < 4.78 is 1.23. The summed E-state index contributed by atoms with van der Waals surface area (Å²) in [7, 11) is 0. The molecule has 3 nitrogen and oxygen atoms in total. The molecular formula is C21H27N3S2. The van der Waals surface area contributed by atoms with Gasteiger partial charge in [-0.15, -0.1) is 23.1 Å². The lowest BCUT2D eigenvalue weighted by Crippen LogP contribution is -2.10. The Morgan fingerprint density at radius 3 is 2.58 bits per heavy atom. The van der Waals surface area contributed by atoms with Gasteiger partial charge in [-0.05, 0) is 60.8 Å². The van der Waals surface area contributed by atoms with Gasteiger partial charge in [-0.1, -0.05) is 27.7 Å². The fraction of sp³-hybridized carbons (Fsp3) is 0.571. The third-order valence-corrected chi connectivity index (χ3v) is 7.43. The minimum absolute atomic E-state index is 0.474. The van der Waals surface area contributed by atoms with E-state index in [-0.39, 0.29) is 0 Å². The van der Waals surface area contributed by atoms with Crippen molar-refractivity contribution in [1.29, 1.82) is 0 Å². The predicted octanol–water partition coefficient (Wildman–Crippen LogP) is 6.38. The van der Waals surface area contributed by atoms with Gasteiger partial charge in [0.2, 0.25) is 0 Å². The third-order valence-electron chi connectivity index (χ3n) is 5.20. The second-order valence-electron chi connectivity index (χ2n) is 7.99. The summed E-state index contributed by atoms with van der Waals surface area (Å²) in [5, 5.41) is 2.45. The van der Waals surface area contributed by atoms with E-state index in [2.05, 4.69) is 32.7 Å². The van der Waals surface area contributed by atoms with Crippen molar-refractivity contribution in [3.05, 3.63) is 23.1 Å². The molecule has 0 aromatic carbocycles. The Labute approximate surface area is 164 Å². The molecule has 0 saturated heterocycles. The van der Waals surface area contributed by atoms with Crippen molar-refractivity contribution in [2.45, 2.75) is 70.7 Å². The standard InChI is InChI=1S/C21H27N3S2/c1-12(2)9-10-25-21-19-18(22-11-23-21)16-14-7-5-6-8-15(14)17(13(3)4)24-20(16)26-19/h11-13H,5-10H2,1-4H3. The number of hydrogen-bond acceptors (Lipinski definition) is 5. The van der Waals surface area contributed by atoms with Gasteiger partial charge in [-0.25, -0.2) is 15.0 Å². The number of thiophene rings is 1. The zero-order chi connectivity index (χ0) is 18.3. The van der Waals surface area contributed by atoms with Crippen LogP contribution in [0, 0.1) is 5.92 Å². The van der Waals surface area contributed by atoms with Crippen LogP contribution < -0.4 is 0 Å². The number of pyridine rings is 1. The fourth-order valence-electron chi connectivity index (χ4n) is 3.84. The molecule has 0 aliphatic heterocycles. The normalized spacial score (nSPS) is 14.7. The molecule has 0 radical (unpaired) electrons. The van der Waals surface area contributed by atoms with E-state index in [1.807, 2.05) is 11.8 Å². The number of aromatic nitrogens is 3. The zero-order valence-electron chi connectivity index (χ0n) is 16.1. The molecule has 5 heteroatoms. The molecule has 0 atom stereocenters. The summed E-state index contributed by atoms with van der Waals surface area (Å²) >= 11 is 3.67. The number of aryl methyl sites for hydroxylation is 1. The number of thioether (sulfide) groups is 1. The Kier molecular flexibility index (Phi) is 5.20. The molecule has 3 heterocycles. The van der Waals surface area contributed by atoms with Crippen LogP contribution in [-0.2, 0) is 12.8 Å². The van der Waals surface area contributed by atoms with Gasteiger partial charge < -0.3 is 0 Å². The van der Waals surface area contributed by atoms with Crippen LogP contribution in [0.15, 0.2) is 11.4 Å². The molecule has 0 amide bonds. The summed E-state index contributed by atoms with van der Waals surface area (Å²) in [5.74, 6) is 2.31. The first-order valence-electron chi connectivity index (χ1n) is 9.78. The van der Waals surface area contributed by atoms with Gasteiger partial charge in [0.15, 0.2) is 0 Å². The van der Waals surface area contributed by atoms with Crippen molar-refractivity contribution in [2.24, 2.45) is 5.92 Å². The number of fused-ring (bicyclic) bond motifs is 5. The first kappa shape index (κ1) is 18.2. The average Bonchev–Trinajstić information content (AvgIpc) is 3.00. The molecule has 3 aromatic rings. The summed E-state index contributed by atoms with van der Waals surface area (Å²) in [6.07, 6.45) is 7.86. The van der Waals surface area contributed by atoms with E-state index in [4.69, 9.17) is 9.97 Å². The highest BCUT2D eigenvalue weighted by Crippen LogP contribution is 2.42. The van der Waals surface area contributed by atoms with E-state index in [1.165, 1.54) is 59.0 Å². The van der Waals surface area contributed by atoms with E-state index in [1.54, 1.807) is 17.7 Å². The molecular weight excluding hydrogens is 358 g/mol. The van der Waals surface area contributed by atoms with Crippen molar-refractivity contribution in [3.8, 4) is 0 Å². The quantitative estimate of drug-likeness (QED) is 0.377. The van der Waals surface area contributed by atoms with Crippen LogP contribution in [0.2, 0.25) is 0 Å². The molecule has 0 bridgehead atoms. The summed E-state index contributed by atoms with van der Waals surface area (Å²) in [4.78, 5) is 15.6. The first-order valence-corrected chi connectivity index (χ1v) is 11.6. The second-order valence-corrected chi connectivity index (χ2v) is 10.1. The minimum atomic E-state index is 0.474. The van der Waals surface area contributed by atoms with E-state index in [0.29, 0.717) is 5.92 Å². The van der Waals surface area contributed by atoms with Crippen LogP contribution in [0.4, 0.5) is 0 Å². The smallest absolute Gasteiger partial charge is 0.126 e. The highest BCUT2D eigenvalue weighted by Gasteiger charge is 2.24. The van der Waals surface area contributed by atoms with Crippen LogP contribution in [0.25, 0.3) is 20.4 Å². The fourth-order valence-corrected chi connectivity index (χ4v) is 6.32. The van der Waals surface area contributed by atoms with E-state index >= 15 is 0 Å². The number of nitrogens with zero attached hydrogens (tertiary/aromatic N) is 3. The Hall–Kier alpha value is -1.20. The van der Waals surface area contributed by atoms with Crippen LogP contribution >= 0.6 is 23.1 Å². The van der Waals surface area contributed by atoms with E-state index in [9.17, 15) is 0 Å². The Balaban J connectivity index is 1.88. The van der Waals surface area contributed by atoms with Gasteiger partial charge in [-0.3, -0.25) is 0 Å². The summed E-state index contributed by atoms with van der Waals surface area (Å²) in [5.41, 5.74) is 5.47. The van der Waals surface area contributed by atoms with E-state index in [0.717, 1.165) is 27.0 Å². The highest BCUT2D eigenvalue weighted by molar-refractivity contribution is 7.99. The van der Waals surface area contributed by atoms with Crippen LogP contribution in [-0.4, -0.2) is 20.7 Å². The topological polar surface area (TPSA) is 38.7 Å². The molecule has 0 unspecified atom stereocenters. The highest BCUT2D eigenvalue weighted by atomic mass is 32.2. The van der Waals surface area contributed by atoms with Crippen molar-refractivity contribution < 1.29 is 0 Å². The van der Waals surface area contributed by atoms with Crippen molar-refractivity contribution in [3.63, 3.8) is 0 Å². The van der Waals surface area contributed by atoms with Crippen molar-refractivity contribution in [2.75, 3.05) is 5.75 Å². The van der Waals surface area contributed by atoms with Gasteiger partial charge in [0, 0.05) is 11.1 Å². The predicted molar refractivity (Wildman–Crippen MR) is 114 cm³/mol. The molecule has 0 fully saturated rings. The van der Waals surface area contributed by atoms with Crippen molar-refractivity contribution >= 4 is 43.5 Å². The lowest BCUT2D eigenvalue weighted by atomic mass is 9.86. The summed E-state index contributed by atoms with van der Waals surface area (Å²) in [6.45, 7) is 9.09. The lowest BCUT2D eigenvalue weighted by molar-refractivity contribution is 0.632. The molecule has 1 aliphatic carbocycles. The van der Waals surface area contributed by atoms with Crippen molar-refractivity contribution in [1.82, 2.24) is 15.0 Å². The van der Waals surface area contributed by atoms with Gasteiger partial charge in [0.25, 0.3) is 0 Å². The zero-order valence-corrected chi connectivity index (χ0v) is 17.8. The molecule has 26 heavy (non-hydrogen) atoms. The molecule has 4 rings (SSSR count). The minimum Gasteiger partial charge on any atom is -0.241 e. The van der Waals surface area contributed by atoms with Crippen LogP contribution in [0.1, 0.15) is 69.7 Å². The molecule has 0 N–H and O–H groups in total. The van der Waals surface area contributed by atoms with Crippen LogP contribution in [0.3, 0.4) is 0 Å². The first-order chi connectivity index (χ1) is 12.6. The molecule has 1 aliphatic rings. The van der Waals surface area contributed by atoms with Gasteiger partial charge in [0.1, 0.15) is 16.2 Å². The second kappa shape index (κ2) is 7.43. The van der Waals surface area contributed by atoms with Gasteiger partial charge in [-0.2, -0.15) is 0 Å². The van der Waals surface area contributed by atoms with E-state index < -0.39 is 0 Å². The number of hydrogen-bond donors (Lipinski definition) is 0. The van der Waals surface area contributed by atoms with Crippen LogP contribution in [0.5, 0.6) is 0 Å². The number of rotatable bonds is 5. The average molecular weight is 386 g/mol.